The predicted octanol–water partition coefficient (Wildman–Crippen LogP) is 2.75. The van der Waals surface area contributed by atoms with E-state index in [2.05, 4.69) is 20.0 Å². The molecule has 0 N–H and O–H groups in total. The molecule has 10 heteroatoms. The SMILES string of the molecule is Cc1cc(-c2cnc(N3CCOCC3)nc2C2CCN(C(=O)c3cscn3)CC2)on1. The summed E-state index contributed by atoms with van der Waals surface area (Å²) in [5.41, 5.74) is 4.88. The molecular formula is C21H24N6O3S. The molecule has 2 aliphatic rings. The first-order valence-electron chi connectivity index (χ1n) is 10.5. The normalized spacial score (nSPS) is 17.8. The molecule has 31 heavy (non-hydrogen) atoms. The third-order valence-electron chi connectivity index (χ3n) is 5.81. The number of amides is 1. The molecule has 162 valence electrons. The van der Waals surface area contributed by atoms with Gasteiger partial charge in [0, 0.05) is 49.7 Å². The lowest BCUT2D eigenvalue weighted by Gasteiger charge is -2.33. The summed E-state index contributed by atoms with van der Waals surface area (Å²) in [7, 11) is 0. The predicted molar refractivity (Wildman–Crippen MR) is 115 cm³/mol. The fourth-order valence-corrected chi connectivity index (χ4v) is 4.65. The number of likely N-dealkylation sites (tertiary alicyclic amines) is 1. The molecular weight excluding hydrogens is 416 g/mol. The second-order valence-electron chi connectivity index (χ2n) is 7.84. The number of aromatic nitrogens is 4. The van der Waals surface area contributed by atoms with Crippen LogP contribution in [0.25, 0.3) is 11.3 Å². The van der Waals surface area contributed by atoms with Gasteiger partial charge in [0.15, 0.2) is 5.76 Å². The Labute approximate surface area is 184 Å². The highest BCUT2D eigenvalue weighted by Crippen LogP contribution is 2.35. The highest BCUT2D eigenvalue weighted by Gasteiger charge is 2.29. The van der Waals surface area contributed by atoms with Gasteiger partial charge in [0.2, 0.25) is 5.95 Å². The minimum Gasteiger partial charge on any atom is -0.378 e. The van der Waals surface area contributed by atoms with Crippen molar-refractivity contribution in [2.45, 2.75) is 25.7 Å². The van der Waals surface area contributed by atoms with Crippen molar-refractivity contribution in [3.8, 4) is 11.3 Å². The van der Waals surface area contributed by atoms with Gasteiger partial charge >= 0.3 is 0 Å². The summed E-state index contributed by atoms with van der Waals surface area (Å²) in [6.07, 6.45) is 3.50. The second kappa shape index (κ2) is 8.72. The van der Waals surface area contributed by atoms with Crippen LogP contribution in [0.15, 0.2) is 27.7 Å². The van der Waals surface area contributed by atoms with Crippen LogP contribution in [0.5, 0.6) is 0 Å². The Bertz CT molecular complexity index is 1040. The number of hydrogen-bond donors (Lipinski definition) is 0. The van der Waals surface area contributed by atoms with Gasteiger partial charge in [-0.3, -0.25) is 4.79 Å². The van der Waals surface area contributed by atoms with Gasteiger partial charge in [0.25, 0.3) is 5.91 Å². The van der Waals surface area contributed by atoms with Crippen molar-refractivity contribution in [2.75, 3.05) is 44.3 Å². The van der Waals surface area contributed by atoms with Gasteiger partial charge in [-0.15, -0.1) is 11.3 Å². The molecule has 0 bridgehead atoms. The molecule has 0 spiro atoms. The molecule has 0 aromatic carbocycles. The number of ether oxygens (including phenoxy) is 1. The highest BCUT2D eigenvalue weighted by molar-refractivity contribution is 7.07. The van der Waals surface area contributed by atoms with Crippen LogP contribution >= 0.6 is 11.3 Å². The maximum atomic E-state index is 12.7. The van der Waals surface area contributed by atoms with Crippen LogP contribution in [0.2, 0.25) is 0 Å². The molecule has 5 rings (SSSR count). The first-order chi connectivity index (χ1) is 15.2. The Balaban J connectivity index is 1.40. The minimum atomic E-state index is 0.00229. The highest BCUT2D eigenvalue weighted by atomic mass is 32.1. The Morgan fingerprint density at radius 3 is 2.65 bits per heavy atom. The Morgan fingerprint density at radius 2 is 1.97 bits per heavy atom. The van der Waals surface area contributed by atoms with Crippen LogP contribution in [0, 0.1) is 6.92 Å². The number of aryl methyl sites for hydroxylation is 1. The maximum Gasteiger partial charge on any atom is 0.273 e. The molecule has 0 radical (unpaired) electrons. The molecule has 3 aromatic rings. The molecule has 5 heterocycles. The van der Waals surface area contributed by atoms with Crippen LogP contribution in [-0.2, 0) is 4.74 Å². The molecule has 0 unspecified atom stereocenters. The van der Waals surface area contributed by atoms with Crippen molar-refractivity contribution in [2.24, 2.45) is 0 Å². The van der Waals surface area contributed by atoms with Crippen molar-refractivity contribution in [1.29, 1.82) is 0 Å². The van der Waals surface area contributed by atoms with E-state index >= 15 is 0 Å². The van der Waals surface area contributed by atoms with Crippen molar-refractivity contribution in [3.05, 3.63) is 40.2 Å². The molecule has 0 atom stereocenters. The van der Waals surface area contributed by atoms with Crippen LogP contribution in [0.3, 0.4) is 0 Å². The topological polar surface area (TPSA) is 97.5 Å². The first-order valence-corrected chi connectivity index (χ1v) is 11.4. The molecule has 2 saturated heterocycles. The van der Waals surface area contributed by atoms with Crippen molar-refractivity contribution >= 4 is 23.2 Å². The lowest BCUT2D eigenvalue weighted by atomic mass is 9.90. The molecule has 3 aromatic heterocycles. The standard InChI is InChI=1S/C21H24N6O3S/c1-14-10-18(30-25-14)16-11-22-21(27-6-8-29-9-7-27)24-19(16)15-2-4-26(5-3-15)20(28)17-12-31-13-23-17/h10-13,15H,2-9H2,1H3. The first kappa shape index (κ1) is 20.1. The van der Waals surface area contributed by atoms with Crippen LogP contribution in [0.1, 0.15) is 40.6 Å². The van der Waals surface area contributed by atoms with Gasteiger partial charge in [-0.1, -0.05) is 5.16 Å². The molecule has 2 aliphatic heterocycles. The summed E-state index contributed by atoms with van der Waals surface area (Å²) >= 11 is 1.44. The number of thiazole rings is 1. The van der Waals surface area contributed by atoms with E-state index in [0.717, 1.165) is 48.8 Å². The average molecular weight is 441 g/mol. The van der Waals surface area contributed by atoms with Gasteiger partial charge < -0.3 is 19.1 Å². The zero-order valence-corrected chi connectivity index (χ0v) is 18.2. The number of rotatable bonds is 4. The van der Waals surface area contributed by atoms with Gasteiger partial charge in [-0.2, -0.15) is 0 Å². The summed E-state index contributed by atoms with van der Waals surface area (Å²) < 4.78 is 11.0. The molecule has 0 saturated carbocycles. The third kappa shape index (κ3) is 4.17. The number of carbonyl (C=O) groups is 1. The van der Waals surface area contributed by atoms with Gasteiger partial charge in [0.1, 0.15) is 5.69 Å². The van der Waals surface area contributed by atoms with E-state index in [1.165, 1.54) is 11.3 Å². The Kier molecular flexibility index (Phi) is 5.65. The average Bonchev–Trinajstić information content (AvgIpc) is 3.51. The smallest absolute Gasteiger partial charge is 0.273 e. The monoisotopic (exact) mass is 440 g/mol. The van der Waals surface area contributed by atoms with Crippen LogP contribution < -0.4 is 4.90 Å². The lowest BCUT2D eigenvalue weighted by Crippen LogP contribution is -2.39. The number of anilines is 1. The van der Waals surface area contributed by atoms with E-state index in [0.29, 0.717) is 37.8 Å². The summed E-state index contributed by atoms with van der Waals surface area (Å²) in [5.74, 6) is 1.62. The summed E-state index contributed by atoms with van der Waals surface area (Å²) in [5, 5.41) is 5.84. The number of carbonyl (C=O) groups excluding carboxylic acids is 1. The fraction of sp³-hybridized carbons (Fsp3) is 0.476. The van der Waals surface area contributed by atoms with Gasteiger partial charge in [-0.05, 0) is 19.8 Å². The largest absolute Gasteiger partial charge is 0.378 e. The summed E-state index contributed by atoms with van der Waals surface area (Å²) in [6.45, 7) is 6.16. The van der Waals surface area contributed by atoms with Gasteiger partial charge in [0.05, 0.1) is 35.7 Å². The lowest BCUT2D eigenvalue weighted by molar-refractivity contribution is 0.0707. The number of piperidine rings is 1. The minimum absolute atomic E-state index is 0.00229. The third-order valence-corrected chi connectivity index (χ3v) is 6.40. The number of nitrogens with zero attached hydrogens (tertiary/aromatic N) is 6. The zero-order valence-electron chi connectivity index (χ0n) is 17.4. The van der Waals surface area contributed by atoms with E-state index in [4.69, 9.17) is 14.2 Å². The zero-order chi connectivity index (χ0) is 21.2. The molecule has 2 fully saturated rings. The summed E-state index contributed by atoms with van der Waals surface area (Å²) in [4.78, 5) is 30.5. The van der Waals surface area contributed by atoms with Crippen molar-refractivity contribution < 1.29 is 14.1 Å². The summed E-state index contributed by atoms with van der Waals surface area (Å²) in [6, 6.07) is 1.91. The second-order valence-corrected chi connectivity index (χ2v) is 8.56. The van der Waals surface area contributed by atoms with Crippen LogP contribution in [-0.4, -0.2) is 70.3 Å². The Morgan fingerprint density at radius 1 is 1.16 bits per heavy atom. The van der Waals surface area contributed by atoms with Crippen LogP contribution in [0.4, 0.5) is 5.95 Å². The fourth-order valence-electron chi connectivity index (χ4n) is 4.13. The number of hydrogen-bond acceptors (Lipinski definition) is 9. The van der Waals surface area contributed by atoms with Crippen molar-refractivity contribution in [1.82, 2.24) is 25.0 Å². The number of morpholine rings is 1. The van der Waals surface area contributed by atoms with E-state index < -0.39 is 0 Å². The van der Waals surface area contributed by atoms with E-state index in [1.807, 2.05) is 24.1 Å². The molecule has 1 amide bonds. The van der Waals surface area contributed by atoms with E-state index in [9.17, 15) is 4.79 Å². The Hall–Kier alpha value is -2.85. The maximum absolute atomic E-state index is 12.7. The molecule has 9 nitrogen and oxygen atoms in total. The van der Waals surface area contributed by atoms with Gasteiger partial charge in [-0.25, -0.2) is 15.0 Å². The molecule has 0 aliphatic carbocycles. The van der Waals surface area contributed by atoms with E-state index in [1.54, 1.807) is 10.9 Å². The quantitative estimate of drug-likeness (QED) is 0.611. The van der Waals surface area contributed by atoms with Crippen molar-refractivity contribution in [3.63, 3.8) is 0 Å². The van der Waals surface area contributed by atoms with E-state index in [-0.39, 0.29) is 11.8 Å².